The Hall–Kier alpha value is -2.63. The van der Waals surface area contributed by atoms with Crippen molar-refractivity contribution in [3.8, 4) is 11.3 Å². The van der Waals surface area contributed by atoms with Crippen molar-refractivity contribution in [3.63, 3.8) is 0 Å². The molecule has 3 aromatic rings. The second kappa shape index (κ2) is 8.65. The van der Waals surface area contributed by atoms with E-state index in [1.165, 1.54) is 0 Å². The highest BCUT2D eigenvalue weighted by molar-refractivity contribution is 6.33. The van der Waals surface area contributed by atoms with Gasteiger partial charge in [-0.1, -0.05) is 54.1 Å². The van der Waals surface area contributed by atoms with Gasteiger partial charge >= 0.3 is 0 Å². The van der Waals surface area contributed by atoms with E-state index in [2.05, 4.69) is 25.5 Å². The number of nitrogens with one attached hydrogen (secondary N) is 2. The minimum atomic E-state index is 0.586. The van der Waals surface area contributed by atoms with Crippen LogP contribution in [0.2, 0.25) is 5.02 Å². The maximum Gasteiger partial charge on any atom is 0.225 e. The Bertz CT molecular complexity index is 852. The van der Waals surface area contributed by atoms with Crippen molar-refractivity contribution in [2.45, 2.75) is 0 Å². The minimum absolute atomic E-state index is 0.586. The van der Waals surface area contributed by atoms with Gasteiger partial charge in [0.2, 0.25) is 5.95 Å². The van der Waals surface area contributed by atoms with Crippen LogP contribution in [0.15, 0.2) is 60.7 Å². The predicted molar refractivity (Wildman–Crippen MR) is 109 cm³/mol. The Labute approximate surface area is 159 Å². The third-order valence-electron chi connectivity index (χ3n) is 3.77. The zero-order chi connectivity index (χ0) is 18.4. The van der Waals surface area contributed by atoms with Gasteiger partial charge in [-0.25, -0.2) is 4.98 Å². The molecule has 1 heterocycles. The summed E-state index contributed by atoms with van der Waals surface area (Å²) in [5.41, 5.74) is 2.70. The highest BCUT2D eigenvalue weighted by Crippen LogP contribution is 2.27. The minimum Gasteiger partial charge on any atom is -0.353 e. The third kappa shape index (κ3) is 4.94. The molecule has 0 amide bonds. The van der Waals surface area contributed by atoms with E-state index in [0.29, 0.717) is 16.8 Å². The van der Waals surface area contributed by atoms with Crippen molar-refractivity contribution in [3.05, 3.63) is 65.7 Å². The normalized spacial score (nSPS) is 10.8. The van der Waals surface area contributed by atoms with Crippen LogP contribution in [-0.4, -0.2) is 42.1 Å². The first kappa shape index (κ1) is 18.2. The molecule has 3 rings (SSSR count). The van der Waals surface area contributed by atoms with Gasteiger partial charge in [0.05, 0.1) is 16.4 Å². The number of hydrogen-bond donors (Lipinski definition) is 2. The molecule has 134 valence electrons. The Morgan fingerprint density at radius 2 is 1.69 bits per heavy atom. The van der Waals surface area contributed by atoms with Crippen molar-refractivity contribution in [1.29, 1.82) is 0 Å². The van der Waals surface area contributed by atoms with Gasteiger partial charge in [0.25, 0.3) is 0 Å². The number of rotatable bonds is 7. The smallest absolute Gasteiger partial charge is 0.225 e. The van der Waals surface area contributed by atoms with Crippen LogP contribution in [0.25, 0.3) is 11.3 Å². The summed E-state index contributed by atoms with van der Waals surface area (Å²) in [6.45, 7) is 1.66. The van der Waals surface area contributed by atoms with Crippen LogP contribution >= 0.6 is 11.6 Å². The maximum atomic E-state index is 6.26. The van der Waals surface area contributed by atoms with Gasteiger partial charge in [-0.05, 0) is 26.2 Å². The standard InChI is InChI=1S/C20H22ClN5/c1-26(2)13-12-22-20-24-18(15-8-4-3-5-9-15)14-19(25-20)23-17-11-7-6-10-16(17)21/h3-11,14H,12-13H2,1-2H3,(H2,22,23,24,25). The van der Waals surface area contributed by atoms with E-state index in [1.54, 1.807) is 0 Å². The molecule has 5 nitrogen and oxygen atoms in total. The largest absolute Gasteiger partial charge is 0.353 e. The highest BCUT2D eigenvalue weighted by Gasteiger charge is 2.08. The number of para-hydroxylation sites is 1. The Morgan fingerprint density at radius 3 is 2.42 bits per heavy atom. The van der Waals surface area contributed by atoms with E-state index in [4.69, 9.17) is 11.6 Å². The highest BCUT2D eigenvalue weighted by atomic mass is 35.5. The lowest BCUT2D eigenvalue weighted by Gasteiger charge is -2.14. The van der Waals surface area contributed by atoms with Crippen LogP contribution in [0.3, 0.4) is 0 Å². The number of aromatic nitrogens is 2. The van der Waals surface area contributed by atoms with Crippen molar-refractivity contribution in [2.24, 2.45) is 0 Å². The fourth-order valence-corrected chi connectivity index (χ4v) is 2.62. The van der Waals surface area contributed by atoms with E-state index in [9.17, 15) is 0 Å². The van der Waals surface area contributed by atoms with Gasteiger partial charge in [0, 0.05) is 24.7 Å². The average Bonchev–Trinajstić information content (AvgIpc) is 2.64. The first-order valence-corrected chi connectivity index (χ1v) is 8.84. The SMILES string of the molecule is CN(C)CCNc1nc(Nc2ccccc2Cl)cc(-c2ccccc2)n1. The second-order valence-electron chi connectivity index (χ2n) is 6.16. The molecule has 0 aliphatic heterocycles. The molecule has 1 aromatic heterocycles. The lowest BCUT2D eigenvalue weighted by Crippen LogP contribution is -2.21. The summed E-state index contributed by atoms with van der Waals surface area (Å²) in [4.78, 5) is 11.3. The van der Waals surface area contributed by atoms with E-state index in [0.717, 1.165) is 30.0 Å². The molecule has 0 fully saturated rings. The Balaban J connectivity index is 1.90. The van der Waals surface area contributed by atoms with E-state index >= 15 is 0 Å². The summed E-state index contributed by atoms with van der Waals surface area (Å²) < 4.78 is 0. The predicted octanol–water partition coefficient (Wildman–Crippen LogP) is 4.51. The van der Waals surface area contributed by atoms with Crippen LogP contribution < -0.4 is 10.6 Å². The van der Waals surface area contributed by atoms with Crippen LogP contribution in [-0.2, 0) is 0 Å². The van der Waals surface area contributed by atoms with Crippen molar-refractivity contribution in [1.82, 2.24) is 14.9 Å². The molecule has 0 saturated heterocycles. The molecule has 0 bridgehead atoms. The lowest BCUT2D eigenvalue weighted by atomic mass is 10.1. The molecular weight excluding hydrogens is 346 g/mol. The van der Waals surface area contributed by atoms with Gasteiger partial charge in [-0.15, -0.1) is 0 Å². The Morgan fingerprint density at radius 1 is 0.962 bits per heavy atom. The van der Waals surface area contributed by atoms with Gasteiger partial charge in [0.1, 0.15) is 5.82 Å². The lowest BCUT2D eigenvalue weighted by molar-refractivity contribution is 0.425. The van der Waals surface area contributed by atoms with E-state index in [-0.39, 0.29) is 0 Å². The maximum absolute atomic E-state index is 6.26. The van der Waals surface area contributed by atoms with Gasteiger partial charge in [0.15, 0.2) is 0 Å². The first-order chi connectivity index (χ1) is 12.6. The molecule has 6 heteroatoms. The molecule has 0 aliphatic rings. The van der Waals surface area contributed by atoms with Crippen molar-refractivity contribution in [2.75, 3.05) is 37.8 Å². The van der Waals surface area contributed by atoms with Crippen molar-refractivity contribution < 1.29 is 0 Å². The molecule has 2 aromatic carbocycles. The van der Waals surface area contributed by atoms with Crippen LogP contribution in [0.1, 0.15) is 0 Å². The summed E-state index contributed by atoms with van der Waals surface area (Å²) in [7, 11) is 4.07. The van der Waals surface area contributed by atoms with Gasteiger partial charge in [-0.3, -0.25) is 0 Å². The summed E-state index contributed by atoms with van der Waals surface area (Å²) >= 11 is 6.26. The molecular formula is C20H22ClN5. The number of halogens is 1. The Kier molecular flexibility index (Phi) is 6.04. The van der Waals surface area contributed by atoms with Gasteiger partial charge in [-0.2, -0.15) is 4.98 Å². The summed E-state index contributed by atoms with van der Waals surface area (Å²) in [6, 6.07) is 19.6. The molecule has 0 saturated carbocycles. The molecule has 0 unspecified atom stereocenters. The number of nitrogens with zero attached hydrogens (tertiary/aromatic N) is 3. The second-order valence-corrected chi connectivity index (χ2v) is 6.57. The third-order valence-corrected chi connectivity index (χ3v) is 4.10. The zero-order valence-corrected chi connectivity index (χ0v) is 15.7. The fourth-order valence-electron chi connectivity index (χ4n) is 2.44. The van der Waals surface area contributed by atoms with Gasteiger partial charge < -0.3 is 15.5 Å². The summed E-state index contributed by atoms with van der Waals surface area (Å²) in [5.74, 6) is 1.28. The average molecular weight is 368 g/mol. The van der Waals surface area contributed by atoms with Crippen LogP contribution in [0.5, 0.6) is 0 Å². The summed E-state index contributed by atoms with van der Waals surface area (Å²) in [6.07, 6.45) is 0. The van der Waals surface area contributed by atoms with Crippen LogP contribution in [0, 0.1) is 0 Å². The molecule has 0 atom stereocenters. The number of hydrogen-bond acceptors (Lipinski definition) is 5. The number of benzene rings is 2. The quantitative estimate of drug-likeness (QED) is 0.643. The monoisotopic (exact) mass is 367 g/mol. The summed E-state index contributed by atoms with van der Waals surface area (Å²) in [5, 5.41) is 7.23. The van der Waals surface area contributed by atoms with E-state index in [1.807, 2.05) is 74.8 Å². The van der Waals surface area contributed by atoms with Crippen LogP contribution in [0.4, 0.5) is 17.5 Å². The number of anilines is 3. The molecule has 26 heavy (non-hydrogen) atoms. The topological polar surface area (TPSA) is 53.1 Å². The molecule has 0 spiro atoms. The van der Waals surface area contributed by atoms with Crippen molar-refractivity contribution >= 4 is 29.1 Å². The first-order valence-electron chi connectivity index (χ1n) is 8.46. The van der Waals surface area contributed by atoms with E-state index < -0.39 is 0 Å². The number of likely N-dealkylation sites (N-methyl/N-ethyl adjacent to an activating group) is 1. The fraction of sp³-hybridized carbons (Fsp3) is 0.200. The zero-order valence-electron chi connectivity index (χ0n) is 14.9. The molecule has 0 radical (unpaired) electrons. The molecule has 0 aliphatic carbocycles. The molecule has 2 N–H and O–H groups in total.